The number of thioether (sulfide) groups is 8. The number of hydrogen-bond acceptors (Lipinski definition) is 14. The summed E-state index contributed by atoms with van der Waals surface area (Å²) in [7, 11) is 0. The molecule has 0 atom stereocenters. The molecular weight excluding hydrogens is 1180 g/mol. The number of benzene rings is 4. The fourth-order valence-corrected chi connectivity index (χ4v) is 26.3. The summed E-state index contributed by atoms with van der Waals surface area (Å²) in [4.78, 5) is 50.5. The van der Waals surface area contributed by atoms with Crippen LogP contribution in [0.4, 0.5) is 11.6 Å². The topological polar surface area (TPSA) is 84.0 Å². The van der Waals surface area contributed by atoms with E-state index in [1.54, 1.807) is 0 Å². The molecular formula is C58H70N8S8Sn. The zero-order chi connectivity index (χ0) is 53.7. The van der Waals surface area contributed by atoms with Gasteiger partial charge in [-0.1, -0.05) is 0 Å². The van der Waals surface area contributed by atoms with E-state index >= 15 is 0 Å². The number of nitrogens with zero attached hydrogens (tertiary/aromatic N) is 8. The summed E-state index contributed by atoms with van der Waals surface area (Å²) in [6, 6.07) is 18.7. The Labute approximate surface area is 483 Å². The Balaban J connectivity index is 1.55. The van der Waals surface area contributed by atoms with E-state index in [1.165, 1.54) is 39.2 Å². The van der Waals surface area contributed by atoms with E-state index in [4.69, 9.17) is 30.0 Å². The first-order valence-electron chi connectivity index (χ1n) is 26.4. The van der Waals surface area contributed by atoms with Gasteiger partial charge in [0, 0.05) is 0 Å². The van der Waals surface area contributed by atoms with E-state index in [2.05, 4.69) is 175 Å². The number of aromatic nitrogens is 2. The third-order valence-electron chi connectivity index (χ3n) is 12.4. The standard InChI is InChI=1S/C56H64N8S8.2CH3.Sn/c1-25(2)65-33-17-18-34(66-26(3)4)42-41(33)49-57-50(42)62-52-45-37(69-29(9)10)21-22-38(70-30(11)12)46(45)54(59-52)64-56-48-40(72-32(15)16)24-23-39(71-31(13)14)47(48)55(60-56)63-53-44-36(68-28(7)8)20-19-35(67-27(5)6)43(44)51(58-53)61-49;;;/h17-32H,1-16H3;2*1H3;/q-2;;;+2. The van der Waals surface area contributed by atoms with Crippen molar-refractivity contribution < 1.29 is 0 Å². The molecule has 0 amide bonds. The molecule has 8 nitrogen and oxygen atoms in total. The van der Waals surface area contributed by atoms with Gasteiger partial charge in [-0.05, 0) is 0 Å². The van der Waals surface area contributed by atoms with Gasteiger partial charge in [0.1, 0.15) is 0 Å². The second-order valence-electron chi connectivity index (χ2n) is 22.0. The fourth-order valence-electron chi connectivity index (χ4n) is 10.2. The zero-order valence-electron chi connectivity index (χ0n) is 46.6. The summed E-state index contributed by atoms with van der Waals surface area (Å²) in [5.74, 6) is 4.70. The molecule has 6 heterocycles. The van der Waals surface area contributed by atoms with Crippen molar-refractivity contribution in [3.63, 3.8) is 0 Å². The molecule has 4 aliphatic heterocycles. The van der Waals surface area contributed by atoms with E-state index in [-0.39, 0.29) is 0 Å². The minimum absolute atomic E-state index is 0.315. The number of fused-ring (bicyclic) bond motifs is 14. The van der Waals surface area contributed by atoms with Crippen LogP contribution in [0.2, 0.25) is 9.88 Å². The van der Waals surface area contributed by atoms with Gasteiger partial charge < -0.3 is 0 Å². The van der Waals surface area contributed by atoms with Crippen LogP contribution in [0.3, 0.4) is 0 Å². The molecule has 0 spiro atoms. The SMILES string of the molecule is CC(C)Sc1ccc(SC(C)C)c2c1C1=NC2=Nc2c3c(SC(C)C)ccc(SC(C)C)c3c3[n]2[Sn]([CH3])([CH3])[n]2c(c4c(SC(C)C)ccc(SC(C)C)c4c2=NC2=NC(=N3)c3c(SC(C)C)ccc(SC(C)C)c32)=N1. The van der Waals surface area contributed by atoms with Crippen LogP contribution in [0.1, 0.15) is 133 Å². The van der Waals surface area contributed by atoms with E-state index in [9.17, 15) is 0 Å². The quantitative estimate of drug-likeness (QED) is 0.0700. The molecule has 0 unspecified atom stereocenters. The van der Waals surface area contributed by atoms with Crippen LogP contribution in [0.5, 0.6) is 0 Å². The Bertz CT molecular complexity index is 3350. The number of hydrogen-bond donors (Lipinski definition) is 0. The van der Waals surface area contributed by atoms with E-state index in [0.29, 0.717) is 65.3 Å². The molecule has 0 saturated carbocycles. The van der Waals surface area contributed by atoms with Crippen LogP contribution in [0.15, 0.2) is 118 Å². The Morgan fingerprint density at radius 3 is 0.787 bits per heavy atom. The predicted molar refractivity (Wildman–Crippen MR) is 341 cm³/mol. The summed E-state index contributed by atoms with van der Waals surface area (Å²) >= 11 is 10.7. The van der Waals surface area contributed by atoms with Gasteiger partial charge in [0.25, 0.3) is 0 Å². The molecule has 0 saturated heterocycles. The van der Waals surface area contributed by atoms with Crippen LogP contribution in [-0.2, 0) is 0 Å². The van der Waals surface area contributed by atoms with Gasteiger partial charge in [-0.3, -0.25) is 0 Å². The first-order chi connectivity index (χ1) is 35.5. The van der Waals surface area contributed by atoms with Crippen LogP contribution in [-0.4, -0.2) is 89.8 Å². The molecule has 0 fully saturated rings. The van der Waals surface area contributed by atoms with Crippen molar-refractivity contribution in [3.8, 4) is 0 Å². The van der Waals surface area contributed by atoms with Gasteiger partial charge in [0.05, 0.1) is 0 Å². The molecule has 75 heavy (non-hydrogen) atoms. The van der Waals surface area contributed by atoms with Crippen molar-refractivity contribution >= 4 is 170 Å². The second kappa shape index (κ2) is 22.1. The maximum atomic E-state index is 6.10. The Kier molecular flexibility index (Phi) is 16.5. The maximum absolute atomic E-state index is 6.10. The van der Waals surface area contributed by atoms with Crippen LogP contribution in [0, 0.1) is 0 Å². The van der Waals surface area contributed by atoms with Gasteiger partial charge in [0.15, 0.2) is 0 Å². The Morgan fingerprint density at radius 2 is 0.520 bits per heavy atom. The van der Waals surface area contributed by atoms with Crippen molar-refractivity contribution in [1.82, 2.24) is 5.58 Å². The summed E-state index contributed by atoms with van der Waals surface area (Å²) in [6.45, 7) is 36.6. The van der Waals surface area contributed by atoms with Crippen molar-refractivity contribution in [1.29, 1.82) is 0 Å². The molecule has 6 aromatic rings. The minimum atomic E-state index is -4.46. The van der Waals surface area contributed by atoms with Crippen molar-refractivity contribution in [2.75, 3.05) is 0 Å². The van der Waals surface area contributed by atoms with Crippen LogP contribution >= 0.6 is 94.1 Å². The van der Waals surface area contributed by atoms with Crippen LogP contribution < -0.4 is 11.0 Å². The Hall–Kier alpha value is -2.16. The predicted octanol–water partition coefficient (Wildman–Crippen LogP) is 17.6. The van der Waals surface area contributed by atoms with Crippen molar-refractivity contribution in [3.05, 3.63) is 81.8 Å². The number of rotatable bonds is 16. The molecule has 394 valence electrons. The molecule has 0 radical (unpaired) electrons. The molecule has 6 bridgehead atoms. The summed E-state index contributed by atoms with van der Waals surface area (Å²) in [6.07, 6.45) is 0. The molecule has 4 aromatic carbocycles. The van der Waals surface area contributed by atoms with E-state index < -0.39 is 18.9 Å². The molecule has 0 N–H and O–H groups in total. The molecule has 10 rings (SSSR count). The van der Waals surface area contributed by atoms with Gasteiger partial charge in [-0.25, -0.2) is 0 Å². The normalized spacial score (nSPS) is 15.5. The number of aliphatic imine (C=N–C) groups is 4. The summed E-state index contributed by atoms with van der Waals surface area (Å²) < 4.78 is 5.30. The average Bonchev–Trinajstić information content (AvgIpc) is 4.06. The van der Waals surface area contributed by atoms with Gasteiger partial charge in [-0.15, -0.1) is 0 Å². The number of amidine groups is 4. The van der Waals surface area contributed by atoms with E-state index in [1.807, 2.05) is 94.1 Å². The molecule has 2 aromatic heterocycles. The van der Waals surface area contributed by atoms with Crippen LogP contribution in [0.25, 0.3) is 21.5 Å². The van der Waals surface area contributed by atoms with Gasteiger partial charge in [-0.2, -0.15) is 0 Å². The average molecular weight is 1250 g/mol. The summed E-state index contributed by atoms with van der Waals surface area (Å²) in [5, 5.41) is 7.13. The zero-order valence-corrected chi connectivity index (χ0v) is 56.0. The molecule has 0 aliphatic carbocycles. The first kappa shape index (κ1) is 56.1. The fraction of sp³-hybridized carbons (Fsp3) is 0.448. The third-order valence-corrected chi connectivity index (χ3v) is 29.6. The van der Waals surface area contributed by atoms with Crippen molar-refractivity contribution in [2.45, 2.75) is 202 Å². The summed E-state index contributed by atoms with van der Waals surface area (Å²) in [5.41, 5.74) is 6.12. The van der Waals surface area contributed by atoms with E-state index in [0.717, 1.165) is 66.4 Å². The van der Waals surface area contributed by atoms with Crippen molar-refractivity contribution in [2.24, 2.45) is 30.0 Å². The monoisotopic (exact) mass is 1250 g/mol. The second-order valence-corrected chi connectivity index (χ2v) is 46.0. The molecule has 4 aliphatic rings. The molecule has 17 heteroatoms. The van der Waals surface area contributed by atoms with Gasteiger partial charge >= 0.3 is 489 Å². The Morgan fingerprint density at radius 1 is 0.293 bits per heavy atom. The first-order valence-corrected chi connectivity index (χ1v) is 41.7. The van der Waals surface area contributed by atoms with Gasteiger partial charge in [0.2, 0.25) is 0 Å². The third kappa shape index (κ3) is 10.6.